The van der Waals surface area contributed by atoms with Crippen LogP contribution in [0, 0.1) is 5.41 Å². The molecule has 100 valence electrons. The number of unbranched alkanes of at least 4 members (excludes halogenated alkanes) is 1. The van der Waals surface area contributed by atoms with Gasteiger partial charge < -0.3 is 10.4 Å². The summed E-state index contributed by atoms with van der Waals surface area (Å²) in [6.07, 6.45) is 2.33. The lowest BCUT2D eigenvalue weighted by atomic mass is 9.68. The molecule has 1 aliphatic heterocycles. The summed E-state index contributed by atoms with van der Waals surface area (Å²) in [7, 11) is 0. The lowest BCUT2D eigenvalue weighted by molar-refractivity contribution is -0.0213. The number of hydrogen-bond acceptors (Lipinski definition) is 2. The molecule has 0 saturated carbocycles. The quantitative estimate of drug-likeness (QED) is 0.799. The Labute approximate surface area is 104 Å². The summed E-state index contributed by atoms with van der Waals surface area (Å²) in [6.45, 7) is 10.7. The Morgan fingerprint density at radius 3 is 2.59 bits per heavy atom. The Morgan fingerprint density at radius 2 is 2.12 bits per heavy atom. The van der Waals surface area contributed by atoms with E-state index in [1.54, 1.807) is 4.90 Å². The summed E-state index contributed by atoms with van der Waals surface area (Å²) in [6, 6.07) is 0. The maximum absolute atomic E-state index is 11.5. The van der Waals surface area contributed by atoms with Crippen molar-refractivity contribution >= 4 is 6.09 Å². The molecule has 1 unspecified atom stereocenters. The normalized spacial score (nSPS) is 26.0. The highest BCUT2D eigenvalue weighted by Crippen LogP contribution is 2.40. The molecule has 4 heteroatoms. The van der Waals surface area contributed by atoms with Gasteiger partial charge in [0.2, 0.25) is 0 Å². The van der Waals surface area contributed by atoms with Gasteiger partial charge in [0, 0.05) is 19.6 Å². The minimum absolute atomic E-state index is 0.0476. The first-order valence-electron chi connectivity index (χ1n) is 6.56. The summed E-state index contributed by atoms with van der Waals surface area (Å²) >= 11 is 0. The Kier molecular flexibility index (Phi) is 4.42. The van der Waals surface area contributed by atoms with Gasteiger partial charge in [0.05, 0.1) is 5.54 Å². The van der Waals surface area contributed by atoms with E-state index in [1.807, 2.05) is 0 Å². The minimum atomic E-state index is -0.780. The van der Waals surface area contributed by atoms with Gasteiger partial charge in [-0.25, -0.2) is 4.79 Å². The summed E-state index contributed by atoms with van der Waals surface area (Å²) in [5.41, 5.74) is -0.318. The molecule has 0 bridgehead atoms. The lowest BCUT2D eigenvalue weighted by Gasteiger charge is -2.54. The third-order valence-electron chi connectivity index (χ3n) is 4.02. The smallest absolute Gasteiger partial charge is 0.407 e. The van der Waals surface area contributed by atoms with Gasteiger partial charge in [0.1, 0.15) is 0 Å². The second-order valence-electron chi connectivity index (χ2n) is 6.00. The largest absolute Gasteiger partial charge is 0.465 e. The molecule has 0 spiro atoms. The molecule has 0 aromatic heterocycles. The molecule has 17 heavy (non-hydrogen) atoms. The zero-order chi connectivity index (χ0) is 13.1. The van der Waals surface area contributed by atoms with E-state index in [4.69, 9.17) is 0 Å². The lowest BCUT2D eigenvalue weighted by Crippen LogP contribution is -2.68. The molecular weight excluding hydrogens is 216 g/mol. The number of nitrogens with one attached hydrogen (secondary N) is 1. The molecule has 1 heterocycles. The number of nitrogens with zero attached hydrogens (tertiary/aromatic N) is 1. The van der Waals surface area contributed by atoms with E-state index >= 15 is 0 Å². The van der Waals surface area contributed by atoms with Crippen molar-refractivity contribution in [3.8, 4) is 0 Å². The van der Waals surface area contributed by atoms with Gasteiger partial charge in [-0.1, -0.05) is 40.5 Å². The molecular formula is C13H26N2O2. The average Bonchev–Trinajstić information content (AvgIpc) is 2.25. The molecule has 1 fully saturated rings. The molecule has 2 N–H and O–H groups in total. The highest BCUT2D eigenvalue weighted by Gasteiger charge is 2.49. The van der Waals surface area contributed by atoms with Gasteiger partial charge in [0.15, 0.2) is 0 Å². The van der Waals surface area contributed by atoms with Crippen LogP contribution in [0.2, 0.25) is 0 Å². The maximum atomic E-state index is 11.5. The highest BCUT2D eigenvalue weighted by atomic mass is 16.4. The third kappa shape index (κ3) is 2.73. The van der Waals surface area contributed by atoms with Gasteiger partial charge in [-0.3, -0.25) is 4.90 Å². The number of carboxylic acid groups (broad SMARTS) is 1. The van der Waals surface area contributed by atoms with E-state index in [1.165, 1.54) is 0 Å². The molecule has 0 radical (unpaired) electrons. The average molecular weight is 242 g/mol. The Balaban J connectivity index is 3.03. The van der Waals surface area contributed by atoms with Gasteiger partial charge in [-0.2, -0.15) is 0 Å². The molecule has 0 aromatic rings. The van der Waals surface area contributed by atoms with Gasteiger partial charge in [-0.15, -0.1) is 0 Å². The molecule has 0 aromatic carbocycles. The van der Waals surface area contributed by atoms with Crippen molar-refractivity contribution in [2.75, 3.05) is 19.6 Å². The monoisotopic (exact) mass is 242 g/mol. The maximum Gasteiger partial charge on any atom is 0.407 e. The Morgan fingerprint density at radius 1 is 1.47 bits per heavy atom. The Bertz CT molecular complexity index is 273. The first-order valence-corrected chi connectivity index (χ1v) is 6.56. The fraction of sp³-hybridized carbons (Fsp3) is 0.923. The van der Waals surface area contributed by atoms with Gasteiger partial charge >= 0.3 is 6.09 Å². The number of piperazine rings is 1. The second-order valence-corrected chi connectivity index (χ2v) is 6.00. The third-order valence-corrected chi connectivity index (χ3v) is 4.02. The van der Waals surface area contributed by atoms with Crippen molar-refractivity contribution in [1.29, 1.82) is 0 Å². The van der Waals surface area contributed by atoms with Crippen molar-refractivity contribution in [3.63, 3.8) is 0 Å². The zero-order valence-corrected chi connectivity index (χ0v) is 11.5. The van der Waals surface area contributed by atoms with E-state index in [9.17, 15) is 9.90 Å². The summed E-state index contributed by atoms with van der Waals surface area (Å²) in [5.74, 6) is 0. The first kappa shape index (κ1) is 14.3. The van der Waals surface area contributed by atoms with Crippen LogP contribution in [0.15, 0.2) is 0 Å². The number of carbonyl (C=O) groups is 1. The van der Waals surface area contributed by atoms with E-state index in [0.717, 1.165) is 32.4 Å². The van der Waals surface area contributed by atoms with Crippen LogP contribution in [0.3, 0.4) is 0 Å². The predicted molar refractivity (Wildman–Crippen MR) is 69.3 cm³/mol. The standard InChI is InChI=1S/C13H26N2O2/c1-5-6-7-13(12(2,3)4)10-14-8-9-15(13)11(16)17/h14H,5-10H2,1-4H3,(H,16,17). The van der Waals surface area contributed by atoms with E-state index in [2.05, 4.69) is 33.0 Å². The zero-order valence-electron chi connectivity index (χ0n) is 11.5. The van der Waals surface area contributed by atoms with Crippen LogP contribution in [-0.2, 0) is 0 Å². The molecule has 1 rings (SSSR count). The van der Waals surface area contributed by atoms with Crippen LogP contribution >= 0.6 is 0 Å². The SMILES string of the molecule is CCCCC1(C(C)(C)C)CNCCN1C(=O)O. The summed E-state index contributed by atoms with van der Waals surface area (Å²) < 4.78 is 0. The van der Waals surface area contributed by atoms with Crippen molar-refractivity contribution in [2.24, 2.45) is 5.41 Å². The summed E-state index contributed by atoms with van der Waals surface area (Å²) in [5, 5.41) is 12.8. The van der Waals surface area contributed by atoms with Crippen LogP contribution in [0.25, 0.3) is 0 Å². The van der Waals surface area contributed by atoms with Crippen LogP contribution in [-0.4, -0.2) is 41.3 Å². The number of amides is 1. The molecule has 1 amide bonds. The van der Waals surface area contributed by atoms with Crippen LogP contribution < -0.4 is 5.32 Å². The topological polar surface area (TPSA) is 52.6 Å². The fourth-order valence-corrected chi connectivity index (χ4v) is 2.81. The van der Waals surface area contributed by atoms with E-state index in [-0.39, 0.29) is 11.0 Å². The first-order chi connectivity index (χ1) is 7.85. The van der Waals surface area contributed by atoms with E-state index in [0.29, 0.717) is 6.54 Å². The summed E-state index contributed by atoms with van der Waals surface area (Å²) in [4.78, 5) is 13.1. The van der Waals surface area contributed by atoms with Gasteiger partial charge in [-0.05, 0) is 11.8 Å². The van der Waals surface area contributed by atoms with Crippen LogP contribution in [0.1, 0.15) is 47.0 Å². The van der Waals surface area contributed by atoms with Crippen LogP contribution in [0.5, 0.6) is 0 Å². The van der Waals surface area contributed by atoms with Crippen molar-refractivity contribution in [3.05, 3.63) is 0 Å². The highest BCUT2D eigenvalue weighted by molar-refractivity contribution is 5.66. The predicted octanol–water partition coefficient (Wildman–Crippen LogP) is 2.54. The molecule has 1 saturated heterocycles. The fourth-order valence-electron chi connectivity index (χ4n) is 2.81. The molecule has 0 aliphatic carbocycles. The molecule has 1 aliphatic rings. The van der Waals surface area contributed by atoms with Crippen molar-refractivity contribution in [2.45, 2.75) is 52.5 Å². The second kappa shape index (κ2) is 5.25. The number of hydrogen-bond donors (Lipinski definition) is 2. The molecule has 4 nitrogen and oxygen atoms in total. The minimum Gasteiger partial charge on any atom is -0.465 e. The van der Waals surface area contributed by atoms with Crippen molar-refractivity contribution in [1.82, 2.24) is 10.2 Å². The number of rotatable bonds is 3. The van der Waals surface area contributed by atoms with Crippen LogP contribution in [0.4, 0.5) is 4.79 Å². The van der Waals surface area contributed by atoms with Gasteiger partial charge in [0.25, 0.3) is 0 Å². The molecule has 1 atom stereocenters. The van der Waals surface area contributed by atoms with Crippen molar-refractivity contribution < 1.29 is 9.90 Å². The Hall–Kier alpha value is -0.770. The van der Waals surface area contributed by atoms with E-state index < -0.39 is 6.09 Å².